The van der Waals surface area contributed by atoms with Crippen LogP contribution in [-0.2, 0) is 4.79 Å². The molecule has 0 saturated carbocycles. The fourth-order valence-corrected chi connectivity index (χ4v) is 2.28. The van der Waals surface area contributed by atoms with Crippen LogP contribution in [-0.4, -0.2) is 38.1 Å². The summed E-state index contributed by atoms with van der Waals surface area (Å²) in [5.41, 5.74) is 0.687. The van der Waals surface area contributed by atoms with Gasteiger partial charge in [0.25, 0.3) is 0 Å². The monoisotopic (exact) mass is 408 g/mol. The number of halogens is 3. The molecular weight excluding hydrogens is 385 g/mol. The van der Waals surface area contributed by atoms with Gasteiger partial charge in [0.05, 0.1) is 12.2 Å². The summed E-state index contributed by atoms with van der Waals surface area (Å²) < 4.78 is 45.3. The van der Waals surface area contributed by atoms with Crippen molar-refractivity contribution in [2.45, 2.75) is 13.8 Å². The number of carbonyl (C=O) groups is 1. The summed E-state index contributed by atoms with van der Waals surface area (Å²) in [6, 6.07) is 9.32. The molecule has 0 atom stereocenters. The van der Waals surface area contributed by atoms with Gasteiger partial charge in [0.15, 0.2) is 23.4 Å². The third-order valence-electron chi connectivity index (χ3n) is 3.72. The minimum Gasteiger partial charge on any atom is -0.492 e. The number of guanidine groups is 1. The van der Waals surface area contributed by atoms with Gasteiger partial charge in [0, 0.05) is 6.54 Å². The lowest BCUT2D eigenvalue weighted by atomic mass is 10.2. The van der Waals surface area contributed by atoms with Crippen molar-refractivity contribution < 1.29 is 22.7 Å². The van der Waals surface area contributed by atoms with E-state index in [1.54, 1.807) is 0 Å². The Bertz CT molecular complexity index is 858. The molecule has 1 amide bonds. The van der Waals surface area contributed by atoms with Gasteiger partial charge in [-0.05, 0) is 38.1 Å². The molecule has 9 heteroatoms. The molecule has 2 rings (SSSR count). The van der Waals surface area contributed by atoms with Crippen LogP contribution in [0.1, 0.15) is 12.5 Å². The molecule has 6 nitrogen and oxygen atoms in total. The Balaban J connectivity index is 1.83. The third-order valence-corrected chi connectivity index (χ3v) is 3.72. The zero-order chi connectivity index (χ0) is 21.2. The second kappa shape index (κ2) is 10.9. The van der Waals surface area contributed by atoms with E-state index < -0.39 is 29.0 Å². The van der Waals surface area contributed by atoms with Gasteiger partial charge in [-0.3, -0.25) is 4.79 Å². The number of amides is 1. The number of ether oxygens (including phenoxy) is 1. The summed E-state index contributed by atoms with van der Waals surface area (Å²) in [6.07, 6.45) is 0. The number of carbonyl (C=O) groups excluding carboxylic acids is 1. The molecule has 0 aromatic heterocycles. The van der Waals surface area contributed by atoms with E-state index in [1.165, 1.54) is 0 Å². The predicted octanol–water partition coefficient (Wildman–Crippen LogP) is 2.98. The molecule has 2 aromatic rings. The molecule has 3 N–H and O–H groups in total. The molecule has 0 bridgehead atoms. The minimum atomic E-state index is -1.64. The first-order valence-corrected chi connectivity index (χ1v) is 9.05. The highest BCUT2D eigenvalue weighted by Gasteiger charge is 2.15. The van der Waals surface area contributed by atoms with E-state index in [9.17, 15) is 18.0 Å². The maximum atomic E-state index is 13.6. The topological polar surface area (TPSA) is 74.8 Å². The van der Waals surface area contributed by atoms with Gasteiger partial charge in [-0.25, -0.2) is 18.2 Å². The van der Waals surface area contributed by atoms with Gasteiger partial charge in [-0.2, -0.15) is 0 Å². The quantitative estimate of drug-likeness (QED) is 0.272. The lowest BCUT2D eigenvalue weighted by molar-refractivity contribution is -0.114. The number of nitrogens with one attached hydrogen (secondary N) is 3. The van der Waals surface area contributed by atoms with Crippen LogP contribution < -0.4 is 20.7 Å². The molecule has 0 aliphatic rings. The summed E-state index contributed by atoms with van der Waals surface area (Å²) in [7, 11) is 0. The van der Waals surface area contributed by atoms with Crippen molar-refractivity contribution in [2.75, 3.05) is 31.6 Å². The van der Waals surface area contributed by atoms with Crippen LogP contribution in [0.4, 0.5) is 18.9 Å². The zero-order valence-corrected chi connectivity index (χ0v) is 16.2. The predicted molar refractivity (Wildman–Crippen MR) is 106 cm³/mol. The van der Waals surface area contributed by atoms with E-state index in [4.69, 9.17) is 4.74 Å². The van der Waals surface area contributed by atoms with Crippen molar-refractivity contribution in [1.29, 1.82) is 0 Å². The van der Waals surface area contributed by atoms with E-state index in [0.717, 1.165) is 23.4 Å². The summed E-state index contributed by atoms with van der Waals surface area (Å²) in [5.74, 6) is -4.00. The highest BCUT2D eigenvalue weighted by molar-refractivity contribution is 5.94. The number of nitrogens with zero attached hydrogens (tertiary/aromatic N) is 1. The molecule has 156 valence electrons. The number of aliphatic imine (C=N–C) groups is 1. The van der Waals surface area contributed by atoms with Gasteiger partial charge in [-0.15, -0.1) is 0 Å². The largest absolute Gasteiger partial charge is 0.492 e. The van der Waals surface area contributed by atoms with E-state index >= 15 is 0 Å². The second-order valence-electron chi connectivity index (χ2n) is 6.05. The van der Waals surface area contributed by atoms with E-state index in [1.807, 2.05) is 38.1 Å². The molecule has 0 radical (unpaired) electrons. The van der Waals surface area contributed by atoms with Gasteiger partial charge in [-0.1, -0.05) is 17.7 Å². The maximum absolute atomic E-state index is 13.6. The molecule has 0 fully saturated rings. The first-order valence-electron chi connectivity index (χ1n) is 9.05. The van der Waals surface area contributed by atoms with Crippen molar-refractivity contribution in [2.24, 2.45) is 4.99 Å². The molecule has 0 spiro atoms. The van der Waals surface area contributed by atoms with E-state index in [-0.39, 0.29) is 6.54 Å². The van der Waals surface area contributed by atoms with E-state index in [0.29, 0.717) is 25.7 Å². The van der Waals surface area contributed by atoms with Crippen LogP contribution in [0.5, 0.6) is 5.75 Å². The first-order chi connectivity index (χ1) is 13.9. The molecular formula is C20H23F3N4O2. The SMILES string of the molecule is CCNC(=NCC(=O)Nc1ccc(F)c(F)c1F)NCCOc1ccc(C)cc1. The highest BCUT2D eigenvalue weighted by atomic mass is 19.2. The average molecular weight is 408 g/mol. The number of benzene rings is 2. The van der Waals surface area contributed by atoms with Gasteiger partial charge < -0.3 is 20.7 Å². The molecule has 0 heterocycles. The average Bonchev–Trinajstić information content (AvgIpc) is 2.71. The summed E-state index contributed by atoms with van der Waals surface area (Å²) in [5, 5.41) is 8.12. The van der Waals surface area contributed by atoms with Crippen molar-refractivity contribution in [1.82, 2.24) is 10.6 Å². The second-order valence-corrected chi connectivity index (χ2v) is 6.05. The Labute approximate surface area is 167 Å². The van der Waals surface area contributed by atoms with Crippen LogP contribution in [0.2, 0.25) is 0 Å². The Morgan fingerprint density at radius 1 is 1.03 bits per heavy atom. The van der Waals surface area contributed by atoms with E-state index in [2.05, 4.69) is 20.9 Å². The highest BCUT2D eigenvalue weighted by Crippen LogP contribution is 2.19. The van der Waals surface area contributed by atoms with Crippen molar-refractivity contribution >= 4 is 17.6 Å². The lowest BCUT2D eigenvalue weighted by Crippen LogP contribution is -2.40. The zero-order valence-electron chi connectivity index (χ0n) is 16.2. The smallest absolute Gasteiger partial charge is 0.246 e. The molecule has 0 unspecified atom stereocenters. The van der Waals surface area contributed by atoms with Crippen molar-refractivity contribution in [3.63, 3.8) is 0 Å². The Hall–Kier alpha value is -3.23. The normalized spacial score (nSPS) is 11.1. The fraction of sp³-hybridized carbons (Fsp3) is 0.300. The summed E-state index contributed by atoms with van der Waals surface area (Å²) in [4.78, 5) is 16.0. The molecule has 0 aliphatic carbocycles. The summed E-state index contributed by atoms with van der Waals surface area (Å²) in [6.45, 7) is 4.87. The summed E-state index contributed by atoms with van der Waals surface area (Å²) >= 11 is 0. The number of hydrogen-bond acceptors (Lipinski definition) is 3. The van der Waals surface area contributed by atoms with Crippen molar-refractivity contribution in [3.8, 4) is 5.75 Å². The standard InChI is InChI=1S/C20H23F3N4O2/c1-3-24-20(25-10-11-29-14-6-4-13(2)5-7-14)26-12-17(28)27-16-9-8-15(21)18(22)19(16)23/h4-9H,3,10-12H2,1-2H3,(H,27,28)(H2,24,25,26). The third kappa shape index (κ3) is 7.02. The number of anilines is 1. The Kier molecular flexibility index (Phi) is 8.32. The maximum Gasteiger partial charge on any atom is 0.246 e. The van der Waals surface area contributed by atoms with Gasteiger partial charge >= 0.3 is 0 Å². The van der Waals surface area contributed by atoms with Gasteiger partial charge in [0.1, 0.15) is 18.9 Å². The van der Waals surface area contributed by atoms with Gasteiger partial charge in [0.2, 0.25) is 5.91 Å². The lowest BCUT2D eigenvalue weighted by Gasteiger charge is -2.12. The number of hydrogen-bond donors (Lipinski definition) is 3. The van der Waals surface area contributed by atoms with Crippen LogP contribution >= 0.6 is 0 Å². The molecule has 0 aliphatic heterocycles. The Morgan fingerprint density at radius 3 is 2.45 bits per heavy atom. The van der Waals surface area contributed by atoms with Crippen LogP contribution in [0.3, 0.4) is 0 Å². The van der Waals surface area contributed by atoms with Crippen LogP contribution in [0.25, 0.3) is 0 Å². The number of aryl methyl sites for hydroxylation is 1. The molecule has 29 heavy (non-hydrogen) atoms. The first kappa shape index (κ1) is 22.1. The Morgan fingerprint density at radius 2 is 1.76 bits per heavy atom. The van der Waals surface area contributed by atoms with Crippen LogP contribution in [0, 0.1) is 24.4 Å². The number of rotatable bonds is 8. The van der Waals surface area contributed by atoms with Crippen LogP contribution in [0.15, 0.2) is 41.4 Å². The minimum absolute atomic E-state index is 0.341. The fourth-order valence-electron chi connectivity index (χ4n) is 2.28. The molecule has 0 saturated heterocycles. The van der Waals surface area contributed by atoms with Crippen molar-refractivity contribution in [3.05, 3.63) is 59.4 Å². The molecule has 2 aromatic carbocycles.